The predicted molar refractivity (Wildman–Crippen MR) is 145 cm³/mol. The van der Waals surface area contributed by atoms with E-state index >= 15 is 0 Å². The monoisotopic (exact) mass is 487 g/mol. The number of hydrogen-bond donors (Lipinski definition) is 1. The van der Waals surface area contributed by atoms with Gasteiger partial charge in [-0.25, -0.2) is 4.79 Å². The van der Waals surface area contributed by atoms with E-state index in [1.165, 1.54) is 10.6 Å². The fourth-order valence-corrected chi connectivity index (χ4v) is 7.28. The Bertz CT molecular complexity index is 836. The minimum atomic E-state index is -2.02. The molecule has 4 nitrogen and oxygen atoms in total. The summed E-state index contributed by atoms with van der Waals surface area (Å²) < 4.78 is 12.4. The van der Waals surface area contributed by atoms with E-state index in [1.807, 2.05) is 32.9 Å². The second kappa shape index (κ2) is 11.2. The number of rotatable bonds is 8. The van der Waals surface area contributed by atoms with Crippen molar-refractivity contribution in [2.24, 2.45) is 0 Å². The van der Waals surface area contributed by atoms with Gasteiger partial charge in [-0.3, -0.25) is 0 Å². The van der Waals surface area contributed by atoms with Gasteiger partial charge >= 0.3 is 6.09 Å². The SMILES string of the molecule is C[C@@H](O[Si](C)(C)C(C)(C)C)[C@@H](CP(c1ccccc1)c1ccccc1)NC(=O)OC(C)(C)C. The molecule has 2 atom stereocenters. The zero-order valence-electron chi connectivity index (χ0n) is 21.8. The molecule has 0 aromatic heterocycles. The van der Waals surface area contributed by atoms with Crippen LogP contribution in [0.15, 0.2) is 60.7 Å². The van der Waals surface area contributed by atoms with Crippen LogP contribution in [0.3, 0.4) is 0 Å². The molecular formula is C27H42NO3PSi. The molecule has 0 radical (unpaired) electrons. The number of nitrogens with one attached hydrogen (secondary N) is 1. The highest BCUT2D eigenvalue weighted by Crippen LogP contribution is 2.39. The first kappa shape index (κ1) is 27.6. The maximum absolute atomic E-state index is 12.8. The van der Waals surface area contributed by atoms with Crippen LogP contribution >= 0.6 is 7.92 Å². The summed E-state index contributed by atoms with van der Waals surface area (Å²) in [5, 5.41) is 5.83. The fraction of sp³-hybridized carbons (Fsp3) is 0.519. The molecule has 2 aromatic carbocycles. The van der Waals surface area contributed by atoms with Crippen molar-refractivity contribution in [1.82, 2.24) is 5.32 Å². The third kappa shape index (κ3) is 8.55. The van der Waals surface area contributed by atoms with Crippen molar-refractivity contribution in [2.45, 2.75) is 84.3 Å². The molecule has 1 amide bonds. The Kier molecular flexibility index (Phi) is 9.32. The zero-order valence-corrected chi connectivity index (χ0v) is 23.7. The van der Waals surface area contributed by atoms with E-state index in [2.05, 4.69) is 94.6 Å². The first-order chi connectivity index (χ1) is 15.2. The first-order valence-electron chi connectivity index (χ1n) is 11.7. The van der Waals surface area contributed by atoms with Gasteiger partial charge in [-0.05, 0) is 70.5 Å². The Hall–Kier alpha value is -1.68. The van der Waals surface area contributed by atoms with Crippen LogP contribution in [-0.2, 0) is 9.16 Å². The van der Waals surface area contributed by atoms with E-state index in [-0.39, 0.29) is 17.2 Å². The lowest BCUT2D eigenvalue weighted by atomic mass is 10.2. The third-order valence-electron chi connectivity index (χ3n) is 6.07. The molecule has 0 bridgehead atoms. The van der Waals surface area contributed by atoms with Crippen molar-refractivity contribution in [2.75, 3.05) is 6.16 Å². The van der Waals surface area contributed by atoms with Gasteiger partial charge in [0.2, 0.25) is 0 Å². The van der Waals surface area contributed by atoms with Crippen LogP contribution in [0.5, 0.6) is 0 Å². The molecule has 0 unspecified atom stereocenters. The van der Waals surface area contributed by atoms with Crippen molar-refractivity contribution >= 4 is 32.9 Å². The minimum Gasteiger partial charge on any atom is -0.444 e. The first-order valence-corrected chi connectivity index (χ1v) is 16.2. The molecule has 0 saturated carbocycles. The molecule has 0 aliphatic carbocycles. The maximum Gasteiger partial charge on any atom is 0.407 e. The number of ether oxygens (including phenoxy) is 1. The number of hydrogen-bond acceptors (Lipinski definition) is 3. The number of benzene rings is 2. The quantitative estimate of drug-likeness (QED) is 0.345. The smallest absolute Gasteiger partial charge is 0.407 e. The van der Waals surface area contributed by atoms with Crippen molar-refractivity contribution in [3.63, 3.8) is 0 Å². The highest BCUT2D eigenvalue weighted by atomic mass is 31.1. The van der Waals surface area contributed by atoms with Crippen LogP contribution < -0.4 is 15.9 Å². The van der Waals surface area contributed by atoms with Crippen molar-refractivity contribution in [3.05, 3.63) is 60.7 Å². The van der Waals surface area contributed by atoms with Gasteiger partial charge in [0.05, 0.1) is 12.1 Å². The lowest BCUT2D eigenvalue weighted by Crippen LogP contribution is -2.53. The van der Waals surface area contributed by atoms with Gasteiger partial charge in [-0.1, -0.05) is 81.4 Å². The standard InChI is InChI=1S/C27H42NO3PSi/c1-21(31-33(8,9)27(5,6)7)24(28-25(29)30-26(2,3)4)20-32(22-16-12-10-13-17-22)23-18-14-11-15-19-23/h10-19,21,24H,20H2,1-9H3,(H,28,29)/t21-,24-/m1/s1. The molecule has 182 valence electrons. The predicted octanol–water partition coefficient (Wildman–Crippen LogP) is 6.42. The molecule has 2 rings (SSSR count). The molecule has 2 aromatic rings. The number of amides is 1. The molecule has 1 N–H and O–H groups in total. The van der Waals surface area contributed by atoms with Gasteiger partial charge in [0.15, 0.2) is 8.32 Å². The topological polar surface area (TPSA) is 47.6 Å². The Balaban J connectivity index is 2.38. The van der Waals surface area contributed by atoms with E-state index < -0.39 is 27.9 Å². The lowest BCUT2D eigenvalue weighted by Gasteiger charge is -2.41. The van der Waals surface area contributed by atoms with Crippen molar-refractivity contribution < 1.29 is 14.0 Å². The van der Waals surface area contributed by atoms with Gasteiger partial charge in [-0.15, -0.1) is 0 Å². The van der Waals surface area contributed by atoms with Crippen LogP contribution in [-0.4, -0.2) is 38.3 Å². The summed E-state index contributed by atoms with van der Waals surface area (Å²) in [4.78, 5) is 12.8. The van der Waals surface area contributed by atoms with E-state index in [0.717, 1.165) is 6.16 Å². The highest BCUT2D eigenvalue weighted by molar-refractivity contribution is 7.73. The van der Waals surface area contributed by atoms with E-state index in [0.29, 0.717) is 0 Å². The summed E-state index contributed by atoms with van der Waals surface area (Å²) in [5.74, 6) is 0. The molecule has 0 heterocycles. The summed E-state index contributed by atoms with van der Waals surface area (Å²) in [6, 6.07) is 21.0. The third-order valence-corrected chi connectivity index (χ3v) is 13.2. The Morgan fingerprint density at radius 2 is 1.36 bits per heavy atom. The number of alkyl carbamates (subject to hydrolysis) is 1. The summed E-state index contributed by atoms with van der Waals surface area (Å²) in [6.07, 6.45) is 0.239. The van der Waals surface area contributed by atoms with E-state index in [9.17, 15) is 4.79 Å². The number of carbonyl (C=O) groups is 1. The van der Waals surface area contributed by atoms with Gasteiger partial charge in [-0.2, -0.15) is 0 Å². The van der Waals surface area contributed by atoms with Crippen molar-refractivity contribution in [1.29, 1.82) is 0 Å². The van der Waals surface area contributed by atoms with E-state index in [1.54, 1.807) is 0 Å². The lowest BCUT2D eigenvalue weighted by molar-refractivity contribution is 0.0459. The van der Waals surface area contributed by atoms with Crippen LogP contribution in [0.1, 0.15) is 48.5 Å². The van der Waals surface area contributed by atoms with Crippen LogP contribution in [0.25, 0.3) is 0 Å². The summed E-state index contributed by atoms with van der Waals surface area (Å²) in [5.41, 5.74) is -0.554. The second-order valence-corrected chi connectivity index (χ2v) is 18.1. The molecule has 0 fully saturated rings. The van der Waals surface area contributed by atoms with Crippen LogP contribution in [0.2, 0.25) is 18.1 Å². The Morgan fingerprint density at radius 3 is 1.76 bits per heavy atom. The van der Waals surface area contributed by atoms with Gasteiger partial charge in [0.1, 0.15) is 5.60 Å². The molecule has 0 aliphatic rings. The molecule has 6 heteroatoms. The Morgan fingerprint density at radius 1 is 0.909 bits per heavy atom. The molecular weight excluding hydrogens is 445 g/mol. The molecule has 0 saturated heterocycles. The van der Waals surface area contributed by atoms with Crippen LogP contribution in [0.4, 0.5) is 4.79 Å². The molecule has 0 aliphatic heterocycles. The zero-order chi connectivity index (χ0) is 24.9. The summed E-state index contributed by atoms with van der Waals surface area (Å²) in [7, 11) is -2.71. The normalized spacial score (nSPS) is 14.6. The van der Waals surface area contributed by atoms with Gasteiger partial charge in [0.25, 0.3) is 0 Å². The summed E-state index contributed by atoms with van der Waals surface area (Å²) >= 11 is 0. The molecule has 33 heavy (non-hydrogen) atoms. The largest absolute Gasteiger partial charge is 0.444 e. The number of carbonyl (C=O) groups excluding carboxylic acids is 1. The summed E-state index contributed by atoms with van der Waals surface area (Å²) in [6.45, 7) is 19.0. The van der Waals surface area contributed by atoms with Gasteiger partial charge < -0.3 is 14.5 Å². The fourth-order valence-electron chi connectivity index (χ4n) is 3.27. The van der Waals surface area contributed by atoms with Crippen molar-refractivity contribution in [3.8, 4) is 0 Å². The Labute approximate surface area is 203 Å². The maximum atomic E-state index is 12.8. The average Bonchev–Trinajstić information content (AvgIpc) is 2.69. The van der Waals surface area contributed by atoms with Crippen LogP contribution in [0, 0.1) is 0 Å². The van der Waals surface area contributed by atoms with E-state index in [4.69, 9.17) is 9.16 Å². The molecule has 0 spiro atoms. The highest BCUT2D eigenvalue weighted by Gasteiger charge is 2.40. The minimum absolute atomic E-state index is 0.0846. The second-order valence-electron chi connectivity index (χ2n) is 11.1. The average molecular weight is 488 g/mol. The van der Waals surface area contributed by atoms with Gasteiger partial charge in [0, 0.05) is 0 Å².